The lowest BCUT2D eigenvalue weighted by Crippen LogP contribution is -2.44. The van der Waals surface area contributed by atoms with Crippen molar-refractivity contribution in [2.24, 2.45) is 0 Å². The Morgan fingerprint density at radius 1 is 1.32 bits per heavy atom. The minimum absolute atomic E-state index is 0.0499. The van der Waals surface area contributed by atoms with Crippen LogP contribution in [0, 0.1) is 17.0 Å². The highest BCUT2D eigenvalue weighted by atomic mass is 35.5. The standard InChI is InChI=1S/C19H12ClN3O6S2/c1-9-2-3-11(12(20)4-9)17(24)21-22-18(25)16(31-19(22)30)6-10-5-14-15(29-8-28-14)7-13(10)23(26)27/h2-7H,8H2,1H3,(H,21,24)/b16-6-. The fraction of sp³-hybridized carbons (Fsp3) is 0.105. The summed E-state index contributed by atoms with van der Waals surface area (Å²) in [6, 6.07) is 7.52. The van der Waals surface area contributed by atoms with Crippen LogP contribution in [0.15, 0.2) is 35.2 Å². The SMILES string of the molecule is Cc1ccc(C(=O)NN2C(=O)/C(=C/c3cc4c(cc3[N+](=O)[O-])OCO4)SC2=S)c(Cl)c1. The number of nitrogens with one attached hydrogen (secondary N) is 1. The Morgan fingerprint density at radius 3 is 2.71 bits per heavy atom. The Hall–Kier alpha value is -3.15. The van der Waals surface area contributed by atoms with E-state index >= 15 is 0 Å². The van der Waals surface area contributed by atoms with Crippen molar-refractivity contribution < 1.29 is 24.0 Å². The molecule has 12 heteroatoms. The average molecular weight is 478 g/mol. The molecule has 2 aliphatic heterocycles. The molecule has 0 aromatic heterocycles. The van der Waals surface area contributed by atoms with Gasteiger partial charge in [-0.05, 0) is 49.0 Å². The normalized spacial score (nSPS) is 16.2. The quantitative estimate of drug-likeness (QED) is 0.306. The van der Waals surface area contributed by atoms with E-state index in [4.69, 9.17) is 33.3 Å². The molecule has 9 nitrogen and oxygen atoms in total. The van der Waals surface area contributed by atoms with Crippen LogP contribution < -0.4 is 14.9 Å². The minimum atomic E-state index is -0.626. The third kappa shape index (κ3) is 4.07. The molecule has 2 amide bonds. The number of rotatable bonds is 4. The lowest BCUT2D eigenvalue weighted by molar-refractivity contribution is -0.385. The summed E-state index contributed by atoms with van der Waals surface area (Å²) in [6.07, 6.45) is 1.32. The molecule has 2 aromatic rings. The molecule has 2 aliphatic rings. The van der Waals surface area contributed by atoms with Crippen LogP contribution in [-0.4, -0.2) is 32.9 Å². The van der Waals surface area contributed by atoms with Gasteiger partial charge in [0.05, 0.1) is 32.0 Å². The van der Waals surface area contributed by atoms with Gasteiger partial charge in [-0.2, -0.15) is 5.01 Å². The second-order valence-corrected chi connectivity index (χ2v) is 8.55. The number of thiocarbonyl (C=S) groups is 1. The Morgan fingerprint density at radius 2 is 2.03 bits per heavy atom. The average Bonchev–Trinajstić information content (AvgIpc) is 3.26. The molecule has 1 saturated heterocycles. The molecule has 0 spiro atoms. The van der Waals surface area contributed by atoms with Crippen molar-refractivity contribution in [2.45, 2.75) is 6.92 Å². The van der Waals surface area contributed by atoms with Crippen molar-refractivity contribution in [3.63, 3.8) is 0 Å². The number of aryl methyl sites for hydroxylation is 1. The number of nitrogens with zero attached hydrogens (tertiary/aromatic N) is 2. The molecule has 0 atom stereocenters. The molecule has 0 saturated carbocycles. The highest BCUT2D eigenvalue weighted by Crippen LogP contribution is 2.40. The first kappa shape index (κ1) is 21.1. The fourth-order valence-electron chi connectivity index (χ4n) is 2.89. The molecule has 1 N–H and O–H groups in total. The van der Waals surface area contributed by atoms with Crippen LogP contribution >= 0.6 is 35.6 Å². The van der Waals surface area contributed by atoms with Gasteiger partial charge in [0.25, 0.3) is 17.5 Å². The van der Waals surface area contributed by atoms with Gasteiger partial charge in [0.15, 0.2) is 15.8 Å². The first-order chi connectivity index (χ1) is 14.7. The lowest BCUT2D eigenvalue weighted by atomic mass is 10.1. The predicted octanol–water partition coefficient (Wildman–Crippen LogP) is 3.83. The maximum Gasteiger partial charge on any atom is 0.285 e. The summed E-state index contributed by atoms with van der Waals surface area (Å²) in [5.41, 5.74) is 3.36. The second-order valence-electron chi connectivity index (χ2n) is 6.46. The number of carbonyl (C=O) groups is 2. The molecule has 4 rings (SSSR count). The number of thioether (sulfide) groups is 1. The molecule has 0 unspecified atom stereocenters. The number of fused-ring (bicyclic) bond motifs is 1. The van der Waals surface area contributed by atoms with E-state index in [2.05, 4.69) is 5.43 Å². The molecule has 0 bridgehead atoms. The molecule has 31 heavy (non-hydrogen) atoms. The summed E-state index contributed by atoms with van der Waals surface area (Å²) in [6.45, 7) is 1.78. The van der Waals surface area contributed by atoms with Gasteiger partial charge in [-0.15, -0.1) is 0 Å². The molecule has 2 aromatic carbocycles. The first-order valence-corrected chi connectivity index (χ1v) is 10.3. The van der Waals surface area contributed by atoms with Crippen LogP contribution in [0.2, 0.25) is 5.02 Å². The monoisotopic (exact) mass is 477 g/mol. The Balaban J connectivity index is 1.61. The topological polar surface area (TPSA) is 111 Å². The van der Waals surface area contributed by atoms with Crippen molar-refractivity contribution in [1.29, 1.82) is 0 Å². The van der Waals surface area contributed by atoms with E-state index in [0.29, 0.717) is 5.75 Å². The fourth-order valence-corrected chi connectivity index (χ4v) is 4.38. The van der Waals surface area contributed by atoms with Crippen LogP contribution in [0.4, 0.5) is 5.69 Å². The van der Waals surface area contributed by atoms with Gasteiger partial charge in [0.2, 0.25) is 6.79 Å². The van der Waals surface area contributed by atoms with E-state index in [1.807, 2.05) is 6.92 Å². The lowest BCUT2D eigenvalue weighted by Gasteiger charge is -2.16. The summed E-state index contributed by atoms with van der Waals surface area (Å²) in [5.74, 6) is -0.663. The van der Waals surface area contributed by atoms with Gasteiger partial charge in [0, 0.05) is 0 Å². The van der Waals surface area contributed by atoms with E-state index in [0.717, 1.165) is 22.3 Å². The summed E-state index contributed by atoms with van der Waals surface area (Å²) in [5, 5.41) is 12.6. The number of amides is 2. The minimum Gasteiger partial charge on any atom is -0.454 e. The van der Waals surface area contributed by atoms with Crippen molar-refractivity contribution in [1.82, 2.24) is 10.4 Å². The molecule has 0 radical (unpaired) electrons. The summed E-state index contributed by atoms with van der Waals surface area (Å²) in [4.78, 5) is 36.3. The third-order valence-electron chi connectivity index (χ3n) is 4.38. The highest BCUT2D eigenvalue weighted by molar-refractivity contribution is 8.26. The smallest absolute Gasteiger partial charge is 0.285 e. The largest absolute Gasteiger partial charge is 0.454 e. The number of halogens is 1. The number of hydrogen-bond acceptors (Lipinski definition) is 8. The molecular weight excluding hydrogens is 466 g/mol. The molecule has 158 valence electrons. The van der Waals surface area contributed by atoms with Crippen LogP contribution in [0.5, 0.6) is 11.5 Å². The number of benzene rings is 2. The van der Waals surface area contributed by atoms with Gasteiger partial charge in [-0.25, -0.2) is 0 Å². The van der Waals surface area contributed by atoms with Crippen molar-refractivity contribution in [2.75, 3.05) is 6.79 Å². The third-order valence-corrected chi connectivity index (χ3v) is 6.00. The maximum atomic E-state index is 12.8. The van der Waals surface area contributed by atoms with Gasteiger partial charge in [-0.3, -0.25) is 25.1 Å². The zero-order valence-corrected chi connectivity index (χ0v) is 18.1. The van der Waals surface area contributed by atoms with E-state index in [1.165, 1.54) is 24.3 Å². The Kier molecular flexibility index (Phi) is 5.56. The van der Waals surface area contributed by atoms with E-state index in [9.17, 15) is 19.7 Å². The predicted molar refractivity (Wildman–Crippen MR) is 118 cm³/mol. The van der Waals surface area contributed by atoms with Crippen LogP contribution in [0.1, 0.15) is 21.5 Å². The van der Waals surface area contributed by atoms with Crippen molar-refractivity contribution in [3.8, 4) is 11.5 Å². The van der Waals surface area contributed by atoms with Gasteiger partial charge >= 0.3 is 0 Å². The number of hydrazine groups is 1. The van der Waals surface area contributed by atoms with E-state index < -0.39 is 16.7 Å². The van der Waals surface area contributed by atoms with Gasteiger partial charge < -0.3 is 9.47 Å². The highest BCUT2D eigenvalue weighted by Gasteiger charge is 2.35. The maximum absolute atomic E-state index is 12.8. The molecule has 2 heterocycles. The second kappa shape index (κ2) is 8.17. The van der Waals surface area contributed by atoms with Crippen LogP contribution in [-0.2, 0) is 4.79 Å². The Bertz CT molecular complexity index is 1200. The number of nitro benzene ring substituents is 1. The number of nitro groups is 1. The zero-order valence-electron chi connectivity index (χ0n) is 15.7. The molecule has 0 aliphatic carbocycles. The summed E-state index contributed by atoms with van der Waals surface area (Å²) >= 11 is 12.2. The van der Waals surface area contributed by atoms with Crippen molar-refractivity contribution in [3.05, 3.63) is 67.1 Å². The summed E-state index contributed by atoms with van der Waals surface area (Å²) in [7, 11) is 0. The number of ether oxygens (including phenoxy) is 2. The zero-order chi connectivity index (χ0) is 22.3. The van der Waals surface area contributed by atoms with Gasteiger partial charge in [0.1, 0.15) is 0 Å². The number of hydrogen-bond donors (Lipinski definition) is 1. The van der Waals surface area contributed by atoms with Crippen LogP contribution in [0.25, 0.3) is 6.08 Å². The van der Waals surface area contributed by atoms with Crippen LogP contribution in [0.3, 0.4) is 0 Å². The molecular formula is C19H12ClN3O6S2. The summed E-state index contributed by atoms with van der Waals surface area (Å²) < 4.78 is 10.5. The van der Waals surface area contributed by atoms with Gasteiger partial charge in [-0.1, -0.05) is 29.4 Å². The van der Waals surface area contributed by atoms with Crippen molar-refractivity contribution >= 4 is 63.5 Å². The van der Waals surface area contributed by atoms with E-state index in [-0.39, 0.29) is 43.6 Å². The Labute approximate surface area is 190 Å². The molecule has 1 fully saturated rings. The van der Waals surface area contributed by atoms with E-state index in [1.54, 1.807) is 12.1 Å². The number of carbonyl (C=O) groups excluding carboxylic acids is 2. The first-order valence-electron chi connectivity index (χ1n) is 8.67.